The second-order valence-corrected chi connectivity index (χ2v) is 4.53. The first-order valence-electron chi connectivity index (χ1n) is 5.90. The monoisotopic (exact) mass is 221 g/mol. The summed E-state index contributed by atoms with van der Waals surface area (Å²) in [5.74, 6) is 0. The Labute approximate surface area is 99.0 Å². The molecule has 1 rings (SSSR count). The van der Waals surface area contributed by atoms with Crippen molar-refractivity contribution in [2.75, 3.05) is 7.11 Å². The van der Waals surface area contributed by atoms with Crippen molar-refractivity contribution >= 4 is 0 Å². The molecule has 0 spiro atoms. The van der Waals surface area contributed by atoms with Gasteiger partial charge in [-0.05, 0) is 33.3 Å². The highest BCUT2D eigenvalue weighted by Gasteiger charge is 2.14. The normalized spacial score (nSPS) is 16.8. The Morgan fingerprint density at radius 2 is 1.88 bits per heavy atom. The quantitative estimate of drug-likeness (QED) is 0.825. The van der Waals surface area contributed by atoms with Gasteiger partial charge in [-0.25, -0.2) is 0 Å². The lowest BCUT2D eigenvalue weighted by Gasteiger charge is -2.24. The van der Waals surface area contributed by atoms with E-state index in [0.717, 1.165) is 0 Å². The van der Waals surface area contributed by atoms with Gasteiger partial charge in [-0.1, -0.05) is 29.8 Å². The number of hydrogen-bond donors (Lipinski definition) is 1. The number of benzene rings is 1. The molecule has 2 heteroatoms. The summed E-state index contributed by atoms with van der Waals surface area (Å²) < 4.78 is 5.31. The van der Waals surface area contributed by atoms with Crippen molar-refractivity contribution in [2.24, 2.45) is 0 Å². The molecule has 0 amide bonds. The zero-order valence-corrected chi connectivity index (χ0v) is 10.9. The van der Waals surface area contributed by atoms with E-state index in [1.54, 1.807) is 7.11 Å². The first kappa shape index (κ1) is 13.2. The molecular weight excluding hydrogens is 198 g/mol. The summed E-state index contributed by atoms with van der Waals surface area (Å²) in [6.07, 6.45) is 0.229. The van der Waals surface area contributed by atoms with E-state index in [-0.39, 0.29) is 6.10 Å². The maximum Gasteiger partial charge on any atom is 0.0693 e. The summed E-state index contributed by atoms with van der Waals surface area (Å²) in [4.78, 5) is 0. The van der Waals surface area contributed by atoms with Crippen LogP contribution in [0.15, 0.2) is 24.3 Å². The Hall–Kier alpha value is -0.860. The van der Waals surface area contributed by atoms with E-state index in [2.05, 4.69) is 57.3 Å². The molecule has 90 valence electrons. The average Bonchev–Trinajstić information content (AvgIpc) is 2.27. The van der Waals surface area contributed by atoms with Crippen LogP contribution in [0.4, 0.5) is 0 Å². The molecule has 0 fully saturated rings. The number of hydrogen-bond acceptors (Lipinski definition) is 2. The molecule has 0 heterocycles. The first-order valence-corrected chi connectivity index (χ1v) is 5.90. The highest BCUT2D eigenvalue weighted by atomic mass is 16.5. The van der Waals surface area contributed by atoms with Gasteiger partial charge >= 0.3 is 0 Å². The minimum absolute atomic E-state index is 0.229. The van der Waals surface area contributed by atoms with Crippen molar-refractivity contribution in [1.82, 2.24) is 5.32 Å². The molecule has 0 aliphatic carbocycles. The van der Waals surface area contributed by atoms with E-state index in [9.17, 15) is 0 Å². The number of rotatable bonds is 5. The second kappa shape index (κ2) is 6.02. The van der Waals surface area contributed by atoms with Crippen LogP contribution in [0.2, 0.25) is 0 Å². The highest BCUT2D eigenvalue weighted by Crippen LogP contribution is 2.15. The van der Waals surface area contributed by atoms with Crippen LogP contribution in [0.1, 0.15) is 37.9 Å². The summed E-state index contributed by atoms with van der Waals surface area (Å²) in [5.41, 5.74) is 2.63. The minimum atomic E-state index is 0.229. The van der Waals surface area contributed by atoms with E-state index in [0.29, 0.717) is 12.1 Å². The summed E-state index contributed by atoms with van der Waals surface area (Å²) in [7, 11) is 1.75. The summed E-state index contributed by atoms with van der Waals surface area (Å²) >= 11 is 0. The Kier molecular flexibility index (Phi) is 4.97. The van der Waals surface area contributed by atoms with Gasteiger partial charge in [0.2, 0.25) is 0 Å². The van der Waals surface area contributed by atoms with Gasteiger partial charge in [0, 0.05) is 19.2 Å². The molecule has 0 aliphatic heterocycles. The molecule has 16 heavy (non-hydrogen) atoms. The predicted molar refractivity (Wildman–Crippen MR) is 68.7 cm³/mol. The number of nitrogens with one attached hydrogen (secondary N) is 1. The number of aryl methyl sites for hydroxylation is 1. The van der Waals surface area contributed by atoms with E-state index in [1.807, 2.05) is 0 Å². The van der Waals surface area contributed by atoms with Gasteiger partial charge in [-0.3, -0.25) is 0 Å². The van der Waals surface area contributed by atoms with Crippen molar-refractivity contribution in [2.45, 2.75) is 45.9 Å². The molecule has 3 atom stereocenters. The Bertz CT molecular complexity index is 324. The van der Waals surface area contributed by atoms with E-state index in [1.165, 1.54) is 11.1 Å². The fourth-order valence-electron chi connectivity index (χ4n) is 1.77. The predicted octanol–water partition coefficient (Wildman–Crippen LogP) is 3.07. The van der Waals surface area contributed by atoms with Gasteiger partial charge in [0.15, 0.2) is 0 Å². The van der Waals surface area contributed by atoms with Gasteiger partial charge in [0.1, 0.15) is 0 Å². The Morgan fingerprint density at radius 1 is 1.19 bits per heavy atom. The molecule has 2 nitrogen and oxygen atoms in total. The standard InChI is InChI=1S/C14H23NO/c1-10-7-6-8-14(9-10)12(3)15-11(2)13(4)16-5/h6-9,11-13,15H,1-5H3/t11?,12-,13?/m0/s1. The first-order chi connectivity index (χ1) is 7.54. The Balaban J connectivity index is 2.61. The van der Waals surface area contributed by atoms with Gasteiger partial charge in [-0.2, -0.15) is 0 Å². The van der Waals surface area contributed by atoms with Crippen molar-refractivity contribution in [3.63, 3.8) is 0 Å². The molecule has 0 bridgehead atoms. The molecule has 0 saturated heterocycles. The fourth-order valence-corrected chi connectivity index (χ4v) is 1.77. The van der Waals surface area contributed by atoms with Gasteiger partial charge < -0.3 is 10.1 Å². The van der Waals surface area contributed by atoms with Crippen LogP contribution in [0.25, 0.3) is 0 Å². The lowest BCUT2D eigenvalue weighted by atomic mass is 10.0. The zero-order valence-electron chi connectivity index (χ0n) is 10.9. The third kappa shape index (κ3) is 3.62. The van der Waals surface area contributed by atoms with Crippen LogP contribution >= 0.6 is 0 Å². The van der Waals surface area contributed by atoms with Gasteiger partial charge in [0.25, 0.3) is 0 Å². The van der Waals surface area contributed by atoms with Crippen molar-refractivity contribution in [3.05, 3.63) is 35.4 Å². The summed E-state index contributed by atoms with van der Waals surface area (Å²) in [5, 5.41) is 3.55. The maximum absolute atomic E-state index is 5.31. The van der Waals surface area contributed by atoms with Crippen LogP contribution in [-0.4, -0.2) is 19.3 Å². The van der Waals surface area contributed by atoms with Gasteiger partial charge in [0.05, 0.1) is 6.10 Å². The van der Waals surface area contributed by atoms with Crippen LogP contribution in [0.3, 0.4) is 0 Å². The lowest BCUT2D eigenvalue weighted by Crippen LogP contribution is -2.38. The van der Waals surface area contributed by atoms with Crippen LogP contribution < -0.4 is 5.32 Å². The smallest absolute Gasteiger partial charge is 0.0693 e. The lowest BCUT2D eigenvalue weighted by molar-refractivity contribution is 0.0852. The SMILES string of the molecule is COC(C)C(C)N[C@@H](C)c1cccc(C)c1. The molecule has 1 aromatic rings. The number of ether oxygens (including phenoxy) is 1. The fraction of sp³-hybridized carbons (Fsp3) is 0.571. The maximum atomic E-state index is 5.31. The molecule has 0 aliphatic rings. The molecule has 0 saturated carbocycles. The molecule has 2 unspecified atom stereocenters. The van der Waals surface area contributed by atoms with Crippen molar-refractivity contribution in [3.8, 4) is 0 Å². The topological polar surface area (TPSA) is 21.3 Å². The third-order valence-corrected chi connectivity index (χ3v) is 3.13. The van der Waals surface area contributed by atoms with Crippen LogP contribution in [0.5, 0.6) is 0 Å². The third-order valence-electron chi connectivity index (χ3n) is 3.13. The summed E-state index contributed by atoms with van der Waals surface area (Å²) in [6, 6.07) is 9.31. The minimum Gasteiger partial charge on any atom is -0.380 e. The van der Waals surface area contributed by atoms with E-state index >= 15 is 0 Å². The molecule has 1 N–H and O–H groups in total. The molecule has 0 aromatic heterocycles. The molecular formula is C14H23NO. The van der Waals surface area contributed by atoms with Gasteiger partial charge in [-0.15, -0.1) is 0 Å². The highest BCUT2D eigenvalue weighted by molar-refractivity contribution is 5.24. The Morgan fingerprint density at radius 3 is 2.44 bits per heavy atom. The van der Waals surface area contributed by atoms with E-state index in [4.69, 9.17) is 4.74 Å². The summed E-state index contributed by atoms with van der Waals surface area (Å²) in [6.45, 7) is 8.55. The second-order valence-electron chi connectivity index (χ2n) is 4.53. The number of methoxy groups -OCH3 is 1. The van der Waals surface area contributed by atoms with Crippen LogP contribution in [-0.2, 0) is 4.74 Å². The molecule has 1 aromatic carbocycles. The van der Waals surface area contributed by atoms with Crippen molar-refractivity contribution < 1.29 is 4.74 Å². The molecule has 0 radical (unpaired) electrons. The average molecular weight is 221 g/mol. The zero-order chi connectivity index (χ0) is 12.1. The van der Waals surface area contributed by atoms with Crippen molar-refractivity contribution in [1.29, 1.82) is 0 Å². The largest absolute Gasteiger partial charge is 0.380 e. The van der Waals surface area contributed by atoms with E-state index < -0.39 is 0 Å². The van der Waals surface area contributed by atoms with Crippen LogP contribution in [0, 0.1) is 6.92 Å².